The molecule has 4 heterocycles. The number of aliphatic hydroxyl groups is 11. The molecule has 64 heavy (non-hydrogen) atoms. The van der Waals surface area contributed by atoms with Crippen molar-refractivity contribution >= 4 is 34.1 Å². The van der Waals surface area contributed by atoms with Crippen molar-refractivity contribution in [3.63, 3.8) is 0 Å². The SMILES string of the molecule is CC(=O)N[C@@H]1[C@@H](O[C@@H]2O[C@H](CO[C@]3(C(=O)O)C[C@H](O)[C@@H](NC(C)=O)[C@H]([C@H](O)[C@H](O)CO)O3)[C@H](O)[C@H](O)[C@H]2O)[C@@H](O)[C@@H](CO[C@@H]2O[C@H](COS(=O)(=O)O)[C@@H](O)[C@H](O)[C@H]2NC(C)=O)O[C@@H]1O. The van der Waals surface area contributed by atoms with Gasteiger partial charge in [0.15, 0.2) is 18.9 Å². The topological polar surface area (TPSA) is 475 Å². The Bertz CT molecular complexity index is 1720. The molecule has 0 aromatic heterocycles. The van der Waals surface area contributed by atoms with Crippen LogP contribution in [-0.2, 0) is 66.9 Å². The first-order valence-electron chi connectivity index (χ1n) is 19.3. The van der Waals surface area contributed by atoms with Crippen LogP contribution in [-0.4, -0.2) is 253 Å². The van der Waals surface area contributed by atoms with Gasteiger partial charge in [-0.05, 0) is 0 Å². The Balaban J connectivity index is 1.56. The molecule has 3 amide bonds. The van der Waals surface area contributed by atoms with E-state index in [9.17, 15) is 88.9 Å². The molecular formula is C33H55N3O27S. The normalized spacial score (nSPS) is 41.6. The number of carboxylic acid groups (broad SMARTS) is 1. The highest BCUT2D eigenvalue weighted by Crippen LogP contribution is 2.36. The summed E-state index contributed by atoms with van der Waals surface area (Å²) in [7, 11) is -5.08. The maximum Gasteiger partial charge on any atom is 0.397 e. The summed E-state index contributed by atoms with van der Waals surface area (Å²) in [5, 5.41) is 134. The lowest BCUT2D eigenvalue weighted by atomic mass is 9.88. The van der Waals surface area contributed by atoms with Crippen molar-refractivity contribution in [2.24, 2.45) is 0 Å². The number of rotatable bonds is 18. The van der Waals surface area contributed by atoms with Crippen LogP contribution in [0.4, 0.5) is 0 Å². The average molecular weight is 958 g/mol. The Morgan fingerprint density at radius 2 is 1.23 bits per heavy atom. The zero-order chi connectivity index (χ0) is 48.2. The van der Waals surface area contributed by atoms with Crippen LogP contribution in [0.5, 0.6) is 0 Å². The standard InChI is InChI=1S/C33H55N3O27S/c1-9(38)34-17-12(41)4-33(32(51)52,63-28(17)20(43)13(42)5-37)57-7-15-22(45)25(48)26(49)31(61-15)62-27-19(36-11(3)40)29(50)59-14(23(27)46)6-56-30-18(35-10(2)39)24(47)21(44)16(60-30)8-58-64(53,54)55/h12-31,37,41-50H,4-8H2,1-3H3,(H,34,38)(H,35,39)(H,36,40)(H,51,52)(H,53,54,55)/t12-,13+,14+,15+,16+,17+,18+,19+,20+,21+,22-,23-,24+,25-,26+,27+,28+,29-,30+,31-,33+/m0/s1. The van der Waals surface area contributed by atoms with Gasteiger partial charge in [-0.2, -0.15) is 8.42 Å². The molecule has 0 bridgehead atoms. The first-order valence-corrected chi connectivity index (χ1v) is 20.7. The van der Waals surface area contributed by atoms with Gasteiger partial charge in [0, 0.05) is 27.2 Å². The maximum atomic E-state index is 12.7. The van der Waals surface area contributed by atoms with E-state index in [1.54, 1.807) is 0 Å². The molecule has 0 saturated carbocycles. The second kappa shape index (κ2) is 22.2. The van der Waals surface area contributed by atoms with Gasteiger partial charge < -0.3 is 110 Å². The number of amides is 3. The fraction of sp³-hybridized carbons (Fsp3) is 0.879. The van der Waals surface area contributed by atoms with Gasteiger partial charge in [0.05, 0.1) is 38.6 Å². The lowest BCUT2D eigenvalue weighted by Crippen LogP contribution is -2.69. The third-order valence-electron chi connectivity index (χ3n) is 10.6. The van der Waals surface area contributed by atoms with Crippen molar-refractivity contribution in [3.05, 3.63) is 0 Å². The predicted molar refractivity (Wildman–Crippen MR) is 196 cm³/mol. The monoisotopic (exact) mass is 957 g/mol. The second-order valence-electron chi connectivity index (χ2n) is 15.4. The summed E-state index contributed by atoms with van der Waals surface area (Å²) in [6.45, 7) is -1.10. The quantitative estimate of drug-likeness (QED) is 0.0567. The van der Waals surface area contributed by atoms with Crippen molar-refractivity contribution in [2.75, 3.05) is 26.4 Å². The minimum atomic E-state index is -5.08. The van der Waals surface area contributed by atoms with E-state index in [-0.39, 0.29) is 0 Å². The molecule has 0 spiro atoms. The molecule has 4 aliphatic rings. The lowest BCUT2D eigenvalue weighted by molar-refractivity contribution is -0.358. The maximum absolute atomic E-state index is 12.7. The highest BCUT2D eigenvalue weighted by Gasteiger charge is 2.58. The van der Waals surface area contributed by atoms with Gasteiger partial charge in [-0.3, -0.25) is 18.9 Å². The van der Waals surface area contributed by atoms with Gasteiger partial charge in [0.2, 0.25) is 17.7 Å². The number of aliphatic hydroxyl groups excluding tert-OH is 11. The lowest BCUT2D eigenvalue weighted by Gasteiger charge is -2.48. The van der Waals surface area contributed by atoms with E-state index in [0.29, 0.717) is 0 Å². The molecule has 16 N–H and O–H groups in total. The zero-order valence-electron chi connectivity index (χ0n) is 34.0. The fourth-order valence-corrected chi connectivity index (χ4v) is 7.69. The van der Waals surface area contributed by atoms with E-state index in [4.69, 9.17) is 37.7 Å². The number of hydrogen-bond acceptors (Lipinski definition) is 25. The smallest absolute Gasteiger partial charge is 0.397 e. The van der Waals surface area contributed by atoms with E-state index in [0.717, 1.165) is 20.8 Å². The molecule has 0 radical (unpaired) electrons. The van der Waals surface area contributed by atoms with Crippen LogP contribution in [0.3, 0.4) is 0 Å². The molecule has 4 aliphatic heterocycles. The molecule has 4 fully saturated rings. The van der Waals surface area contributed by atoms with Crippen LogP contribution in [0, 0.1) is 0 Å². The van der Waals surface area contributed by atoms with E-state index < -0.39 is 195 Å². The van der Waals surface area contributed by atoms with Crippen LogP contribution in [0.15, 0.2) is 0 Å². The van der Waals surface area contributed by atoms with Gasteiger partial charge in [-0.15, -0.1) is 0 Å². The minimum absolute atomic E-state index is 0.777. The van der Waals surface area contributed by atoms with Crippen molar-refractivity contribution < 1.29 is 131 Å². The van der Waals surface area contributed by atoms with Crippen LogP contribution in [0.2, 0.25) is 0 Å². The number of ether oxygens (including phenoxy) is 7. The van der Waals surface area contributed by atoms with Gasteiger partial charge >= 0.3 is 16.4 Å². The van der Waals surface area contributed by atoms with Gasteiger partial charge in [0.25, 0.3) is 5.79 Å². The van der Waals surface area contributed by atoms with Crippen LogP contribution in [0.25, 0.3) is 0 Å². The Hall–Kier alpha value is -2.97. The summed E-state index contributed by atoms with van der Waals surface area (Å²) in [4.78, 5) is 48.6. The van der Waals surface area contributed by atoms with E-state index >= 15 is 0 Å². The van der Waals surface area contributed by atoms with Crippen LogP contribution in [0.1, 0.15) is 27.2 Å². The second-order valence-corrected chi connectivity index (χ2v) is 16.5. The molecule has 0 aromatic rings. The average Bonchev–Trinajstić information content (AvgIpc) is 3.20. The molecule has 31 heteroatoms. The number of nitrogens with one attached hydrogen (secondary N) is 3. The fourth-order valence-electron chi connectivity index (χ4n) is 7.38. The number of carbonyl (C=O) groups excluding carboxylic acids is 3. The summed E-state index contributed by atoms with van der Waals surface area (Å²) < 4.78 is 74.5. The Labute approximate surface area is 362 Å². The van der Waals surface area contributed by atoms with E-state index in [2.05, 4.69) is 20.1 Å². The van der Waals surface area contributed by atoms with Gasteiger partial charge in [-0.1, -0.05) is 0 Å². The van der Waals surface area contributed by atoms with E-state index in [1.807, 2.05) is 0 Å². The number of carboxylic acids is 1. The summed E-state index contributed by atoms with van der Waals surface area (Å²) >= 11 is 0. The highest BCUT2D eigenvalue weighted by atomic mass is 32.3. The zero-order valence-corrected chi connectivity index (χ0v) is 34.8. The summed E-state index contributed by atoms with van der Waals surface area (Å²) in [5.74, 6) is -7.31. The molecule has 370 valence electrons. The molecule has 4 rings (SSSR count). The summed E-state index contributed by atoms with van der Waals surface area (Å²) in [5.41, 5.74) is 0. The molecule has 4 saturated heterocycles. The highest BCUT2D eigenvalue weighted by molar-refractivity contribution is 7.80. The molecular weight excluding hydrogens is 902 g/mol. The Morgan fingerprint density at radius 3 is 1.80 bits per heavy atom. The van der Waals surface area contributed by atoms with Crippen molar-refractivity contribution in [1.82, 2.24) is 16.0 Å². The minimum Gasteiger partial charge on any atom is -0.477 e. The molecule has 30 nitrogen and oxygen atoms in total. The molecule has 0 unspecified atom stereocenters. The van der Waals surface area contributed by atoms with Crippen molar-refractivity contribution in [1.29, 1.82) is 0 Å². The first-order chi connectivity index (χ1) is 29.7. The van der Waals surface area contributed by atoms with Crippen LogP contribution >= 0.6 is 0 Å². The van der Waals surface area contributed by atoms with E-state index in [1.165, 1.54) is 0 Å². The molecule has 0 aromatic carbocycles. The largest absolute Gasteiger partial charge is 0.477 e. The number of hydrogen-bond donors (Lipinski definition) is 16. The Morgan fingerprint density at radius 1 is 0.703 bits per heavy atom. The third-order valence-corrected chi connectivity index (χ3v) is 11.0. The van der Waals surface area contributed by atoms with Crippen molar-refractivity contribution in [2.45, 2.75) is 155 Å². The molecule has 21 atom stereocenters. The Kier molecular flexibility index (Phi) is 18.6. The van der Waals surface area contributed by atoms with Gasteiger partial charge in [0.1, 0.15) is 91.4 Å². The molecule has 0 aliphatic carbocycles. The first kappa shape index (κ1) is 53.6. The van der Waals surface area contributed by atoms with Crippen molar-refractivity contribution in [3.8, 4) is 0 Å². The number of aliphatic carboxylic acids is 1. The van der Waals surface area contributed by atoms with Crippen LogP contribution < -0.4 is 16.0 Å². The number of carbonyl (C=O) groups is 4. The summed E-state index contributed by atoms with van der Waals surface area (Å²) in [6.07, 6.45) is -34.8. The summed E-state index contributed by atoms with van der Waals surface area (Å²) in [6, 6.07) is -4.89. The predicted octanol–water partition coefficient (Wildman–Crippen LogP) is -10.3. The van der Waals surface area contributed by atoms with Gasteiger partial charge in [-0.25, -0.2) is 8.98 Å². The third kappa shape index (κ3) is 12.9.